The van der Waals surface area contributed by atoms with Gasteiger partial charge in [0.25, 0.3) is 11.7 Å². The Morgan fingerprint density at radius 2 is 1.80 bits per heavy atom. The van der Waals surface area contributed by atoms with E-state index in [9.17, 15) is 23.5 Å². The number of amides is 1. The van der Waals surface area contributed by atoms with Crippen molar-refractivity contribution < 1.29 is 23.5 Å². The van der Waals surface area contributed by atoms with Gasteiger partial charge in [0.1, 0.15) is 5.76 Å². The number of ketones is 1. The molecule has 8 heteroatoms. The molecule has 0 spiro atoms. The highest BCUT2D eigenvalue weighted by molar-refractivity contribution is 9.10. The third-order valence-electron chi connectivity index (χ3n) is 4.83. The van der Waals surface area contributed by atoms with E-state index in [0.717, 1.165) is 21.5 Å². The molecular weight excluding hydrogens is 476 g/mol. The Morgan fingerprint density at radius 3 is 2.43 bits per heavy atom. The number of carbonyl (C=O) groups excluding carboxylic acids is 2. The number of rotatable bonds is 4. The number of hydrogen-bond acceptors (Lipinski definition) is 4. The zero-order valence-corrected chi connectivity index (χ0v) is 17.7. The molecule has 0 aliphatic carbocycles. The van der Waals surface area contributed by atoms with Crippen molar-refractivity contribution in [3.8, 4) is 0 Å². The molecule has 1 N–H and O–H groups in total. The highest BCUT2D eigenvalue weighted by Gasteiger charge is 2.46. The van der Waals surface area contributed by atoms with E-state index in [1.807, 2.05) is 17.5 Å². The zero-order valence-electron chi connectivity index (χ0n) is 15.3. The van der Waals surface area contributed by atoms with Crippen LogP contribution in [0, 0.1) is 11.6 Å². The first kappa shape index (κ1) is 20.4. The molecule has 2 heterocycles. The first-order valence-electron chi connectivity index (χ1n) is 8.88. The maximum Gasteiger partial charge on any atom is 0.295 e. The van der Waals surface area contributed by atoms with E-state index >= 15 is 0 Å². The molecule has 30 heavy (non-hydrogen) atoms. The number of aliphatic hydroxyl groups is 1. The van der Waals surface area contributed by atoms with E-state index in [2.05, 4.69) is 15.9 Å². The highest BCUT2D eigenvalue weighted by Crippen LogP contribution is 2.41. The molecule has 0 radical (unpaired) electrons. The number of thiophene rings is 1. The molecule has 2 aromatic carbocycles. The lowest BCUT2D eigenvalue weighted by molar-refractivity contribution is -0.140. The Hall–Kier alpha value is -2.84. The van der Waals surface area contributed by atoms with Crippen LogP contribution in [0.15, 0.2) is 70.0 Å². The second-order valence-corrected chi connectivity index (χ2v) is 8.63. The minimum atomic E-state index is -1.16. The second kappa shape index (κ2) is 8.12. The zero-order chi connectivity index (χ0) is 21.4. The van der Waals surface area contributed by atoms with Crippen molar-refractivity contribution in [2.75, 3.05) is 0 Å². The van der Waals surface area contributed by atoms with Crippen molar-refractivity contribution in [3.63, 3.8) is 0 Å². The minimum absolute atomic E-state index is 0.0786. The van der Waals surface area contributed by atoms with Crippen molar-refractivity contribution in [2.45, 2.75) is 12.6 Å². The van der Waals surface area contributed by atoms with Crippen LogP contribution in [0.25, 0.3) is 5.76 Å². The average molecular weight is 490 g/mol. The van der Waals surface area contributed by atoms with E-state index in [0.29, 0.717) is 5.56 Å². The first-order valence-corrected chi connectivity index (χ1v) is 10.6. The van der Waals surface area contributed by atoms with Gasteiger partial charge in [-0.1, -0.05) is 34.1 Å². The summed E-state index contributed by atoms with van der Waals surface area (Å²) in [6.07, 6.45) is 0. The minimum Gasteiger partial charge on any atom is -0.507 e. The van der Waals surface area contributed by atoms with Crippen LogP contribution in [-0.4, -0.2) is 21.7 Å². The fourth-order valence-corrected chi connectivity index (χ4v) is 4.37. The molecule has 1 saturated heterocycles. The van der Waals surface area contributed by atoms with Crippen LogP contribution < -0.4 is 0 Å². The number of hydrogen-bond donors (Lipinski definition) is 1. The van der Waals surface area contributed by atoms with Gasteiger partial charge in [-0.15, -0.1) is 11.3 Å². The number of halogens is 3. The maximum absolute atomic E-state index is 13.7. The molecule has 4 rings (SSSR count). The highest BCUT2D eigenvalue weighted by atomic mass is 79.9. The molecule has 1 unspecified atom stereocenters. The first-order chi connectivity index (χ1) is 14.4. The van der Waals surface area contributed by atoms with Crippen LogP contribution in [0.4, 0.5) is 8.78 Å². The lowest BCUT2D eigenvalue weighted by Crippen LogP contribution is -2.28. The van der Waals surface area contributed by atoms with Gasteiger partial charge in [-0.2, -0.15) is 0 Å². The quantitative estimate of drug-likeness (QED) is 0.302. The summed E-state index contributed by atoms with van der Waals surface area (Å²) < 4.78 is 27.9. The van der Waals surface area contributed by atoms with E-state index in [1.165, 1.54) is 22.3 Å². The summed E-state index contributed by atoms with van der Waals surface area (Å²) in [4.78, 5) is 28.0. The Kier molecular flexibility index (Phi) is 5.53. The number of Topliss-reactive ketones (excluding diaryl/α,β-unsaturated/α-hetero) is 1. The Balaban J connectivity index is 1.87. The van der Waals surface area contributed by atoms with E-state index in [1.54, 1.807) is 24.3 Å². The summed E-state index contributed by atoms with van der Waals surface area (Å²) >= 11 is 4.79. The summed E-state index contributed by atoms with van der Waals surface area (Å²) in [5.74, 6) is -4.42. The standard InChI is InChI=1S/C22H14BrF2NO3S/c23-14-6-3-12(4-7-14)19-18(20(27)13-5-8-16(24)17(25)10-13)21(28)22(29)26(19)11-15-2-1-9-30-15/h1-10,19,27H,11H2/b20-18+. The molecule has 1 aliphatic heterocycles. The second-order valence-electron chi connectivity index (χ2n) is 6.69. The summed E-state index contributed by atoms with van der Waals surface area (Å²) in [6, 6.07) is 12.6. The molecule has 152 valence electrons. The smallest absolute Gasteiger partial charge is 0.295 e. The molecule has 1 amide bonds. The Labute approximate surface area is 183 Å². The summed E-state index contributed by atoms with van der Waals surface area (Å²) in [7, 11) is 0. The molecule has 1 aromatic heterocycles. The van der Waals surface area contributed by atoms with Crippen molar-refractivity contribution in [1.82, 2.24) is 4.90 Å². The van der Waals surface area contributed by atoms with Gasteiger partial charge in [0.15, 0.2) is 11.6 Å². The molecule has 0 bridgehead atoms. The van der Waals surface area contributed by atoms with E-state index in [4.69, 9.17) is 0 Å². The number of benzene rings is 2. The molecule has 0 saturated carbocycles. The molecule has 1 atom stereocenters. The van der Waals surface area contributed by atoms with Crippen LogP contribution >= 0.6 is 27.3 Å². The predicted molar refractivity (Wildman–Crippen MR) is 113 cm³/mol. The largest absolute Gasteiger partial charge is 0.507 e. The van der Waals surface area contributed by atoms with Crippen LogP contribution in [0.3, 0.4) is 0 Å². The number of aliphatic hydroxyl groups excluding tert-OH is 1. The van der Waals surface area contributed by atoms with Gasteiger partial charge in [-0.05, 0) is 47.3 Å². The monoisotopic (exact) mass is 489 g/mol. The lowest BCUT2D eigenvalue weighted by atomic mass is 9.95. The fourth-order valence-electron chi connectivity index (χ4n) is 3.40. The Bertz CT molecular complexity index is 1160. The van der Waals surface area contributed by atoms with Gasteiger partial charge in [0.05, 0.1) is 18.2 Å². The third kappa shape index (κ3) is 3.68. The van der Waals surface area contributed by atoms with Crippen LogP contribution in [-0.2, 0) is 16.1 Å². The average Bonchev–Trinajstić information content (AvgIpc) is 3.33. The van der Waals surface area contributed by atoms with Crippen molar-refractivity contribution in [1.29, 1.82) is 0 Å². The van der Waals surface area contributed by atoms with Gasteiger partial charge in [0, 0.05) is 14.9 Å². The lowest BCUT2D eigenvalue weighted by Gasteiger charge is -2.25. The summed E-state index contributed by atoms with van der Waals surface area (Å²) in [6.45, 7) is 0.178. The molecule has 1 aliphatic rings. The van der Waals surface area contributed by atoms with Gasteiger partial charge >= 0.3 is 0 Å². The number of carbonyl (C=O) groups is 2. The van der Waals surface area contributed by atoms with Crippen molar-refractivity contribution >= 4 is 44.7 Å². The fraction of sp³-hybridized carbons (Fsp3) is 0.0909. The van der Waals surface area contributed by atoms with Crippen LogP contribution in [0.1, 0.15) is 22.0 Å². The van der Waals surface area contributed by atoms with E-state index < -0.39 is 35.1 Å². The predicted octanol–water partition coefficient (Wildman–Crippen LogP) is 5.41. The van der Waals surface area contributed by atoms with Gasteiger partial charge in [0.2, 0.25) is 0 Å². The van der Waals surface area contributed by atoms with Crippen LogP contribution in [0.2, 0.25) is 0 Å². The summed E-state index contributed by atoms with van der Waals surface area (Å²) in [5.41, 5.74) is 0.369. The maximum atomic E-state index is 13.7. The molecular formula is C22H14BrF2NO3S. The van der Waals surface area contributed by atoms with Gasteiger partial charge < -0.3 is 10.0 Å². The molecule has 4 nitrogen and oxygen atoms in total. The topological polar surface area (TPSA) is 57.6 Å². The van der Waals surface area contributed by atoms with Gasteiger partial charge in [-0.25, -0.2) is 8.78 Å². The number of nitrogens with zero attached hydrogens (tertiary/aromatic N) is 1. The third-order valence-corrected chi connectivity index (χ3v) is 6.21. The van der Waals surface area contributed by atoms with E-state index in [-0.39, 0.29) is 17.7 Å². The van der Waals surface area contributed by atoms with Gasteiger partial charge in [-0.3, -0.25) is 9.59 Å². The van der Waals surface area contributed by atoms with Crippen molar-refractivity contribution in [2.24, 2.45) is 0 Å². The molecule has 1 fully saturated rings. The van der Waals surface area contributed by atoms with Crippen LogP contribution in [0.5, 0.6) is 0 Å². The van der Waals surface area contributed by atoms with Crippen molar-refractivity contribution in [3.05, 3.63) is 97.7 Å². The Morgan fingerprint density at radius 1 is 1.07 bits per heavy atom. The number of likely N-dealkylation sites (tertiary alicyclic amines) is 1. The summed E-state index contributed by atoms with van der Waals surface area (Å²) in [5, 5.41) is 12.7. The molecule has 3 aromatic rings. The SMILES string of the molecule is O=C1C(=O)N(Cc2cccs2)C(c2ccc(Br)cc2)/C1=C(\O)c1ccc(F)c(F)c1. The normalized spacial score (nSPS) is 18.2.